The Balaban J connectivity index is 1.75. The van der Waals surface area contributed by atoms with E-state index in [-0.39, 0.29) is 23.5 Å². The molecular weight excluding hydrogens is 232 g/mol. The highest BCUT2D eigenvalue weighted by Crippen LogP contribution is 2.38. The summed E-state index contributed by atoms with van der Waals surface area (Å²) in [5.41, 5.74) is 0.296. The number of aliphatic hydroxyl groups excluding tert-OH is 1. The number of fused-ring (bicyclic) bond motifs is 1. The number of hydrogen-bond donors (Lipinski definition) is 2. The van der Waals surface area contributed by atoms with Gasteiger partial charge in [0.1, 0.15) is 0 Å². The standard InChI is InChI=1S/C13H16N2O3/c16-11-3-1-9-6-15(7-10(9)11)13(18)8-2-4-12(17)14-5-8/h2,4-5,9-11,16H,1,3,6-7H2,(H,14,17). The number of aliphatic hydroxyl groups is 1. The first-order valence-electron chi connectivity index (χ1n) is 6.31. The maximum Gasteiger partial charge on any atom is 0.255 e. The molecule has 3 atom stereocenters. The fourth-order valence-corrected chi connectivity index (χ4v) is 3.13. The number of aromatic amines is 1. The van der Waals surface area contributed by atoms with Crippen molar-refractivity contribution < 1.29 is 9.90 Å². The van der Waals surface area contributed by atoms with Crippen molar-refractivity contribution >= 4 is 5.91 Å². The van der Waals surface area contributed by atoms with Crippen LogP contribution in [-0.4, -0.2) is 40.1 Å². The van der Waals surface area contributed by atoms with Gasteiger partial charge in [0.15, 0.2) is 0 Å². The summed E-state index contributed by atoms with van der Waals surface area (Å²) >= 11 is 0. The molecule has 1 aromatic heterocycles. The van der Waals surface area contributed by atoms with Gasteiger partial charge in [-0.05, 0) is 24.8 Å². The summed E-state index contributed by atoms with van der Waals surface area (Å²) in [5.74, 6) is 0.608. The number of pyridine rings is 1. The van der Waals surface area contributed by atoms with Gasteiger partial charge in [0, 0.05) is 31.3 Å². The Morgan fingerprint density at radius 3 is 2.83 bits per heavy atom. The Morgan fingerprint density at radius 1 is 1.33 bits per heavy atom. The van der Waals surface area contributed by atoms with Crippen LogP contribution in [0.1, 0.15) is 23.2 Å². The molecule has 18 heavy (non-hydrogen) atoms. The summed E-state index contributed by atoms with van der Waals surface area (Å²) in [6.07, 6.45) is 3.05. The van der Waals surface area contributed by atoms with Crippen LogP contribution in [0.25, 0.3) is 0 Å². The monoisotopic (exact) mass is 248 g/mol. The van der Waals surface area contributed by atoms with Crippen LogP contribution in [0.4, 0.5) is 0 Å². The quantitative estimate of drug-likeness (QED) is 0.746. The molecule has 1 aliphatic heterocycles. The van der Waals surface area contributed by atoms with Gasteiger partial charge < -0.3 is 15.0 Å². The van der Waals surface area contributed by atoms with Gasteiger partial charge in [0.25, 0.3) is 5.91 Å². The van der Waals surface area contributed by atoms with Gasteiger partial charge in [-0.2, -0.15) is 0 Å². The van der Waals surface area contributed by atoms with Crippen molar-refractivity contribution in [2.75, 3.05) is 13.1 Å². The molecule has 1 aliphatic carbocycles. The van der Waals surface area contributed by atoms with Crippen molar-refractivity contribution in [3.05, 3.63) is 34.2 Å². The summed E-state index contributed by atoms with van der Waals surface area (Å²) in [4.78, 5) is 27.5. The summed E-state index contributed by atoms with van der Waals surface area (Å²) in [6, 6.07) is 2.91. The van der Waals surface area contributed by atoms with Crippen molar-refractivity contribution in [3.63, 3.8) is 0 Å². The summed E-state index contributed by atoms with van der Waals surface area (Å²) in [6.45, 7) is 1.35. The average Bonchev–Trinajstić information content (AvgIpc) is 2.92. The van der Waals surface area contributed by atoms with Crippen LogP contribution in [-0.2, 0) is 0 Å². The van der Waals surface area contributed by atoms with Gasteiger partial charge in [-0.25, -0.2) is 0 Å². The number of aromatic nitrogens is 1. The molecule has 2 fully saturated rings. The van der Waals surface area contributed by atoms with Crippen LogP contribution in [0.3, 0.4) is 0 Å². The fourth-order valence-electron chi connectivity index (χ4n) is 3.13. The highest BCUT2D eigenvalue weighted by Gasteiger charge is 2.43. The minimum Gasteiger partial charge on any atom is -0.393 e. The van der Waals surface area contributed by atoms with E-state index in [9.17, 15) is 14.7 Å². The summed E-state index contributed by atoms with van der Waals surface area (Å²) in [5, 5.41) is 9.82. The molecule has 5 heteroatoms. The van der Waals surface area contributed by atoms with Crippen LogP contribution in [0.15, 0.2) is 23.1 Å². The highest BCUT2D eigenvalue weighted by atomic mass is 16.3. The molecule has 5 nitrogen and oxygen atoms in total. The van der Waals surface area contributed by atoms with Gasteiger partial charge in [0.2, 0.25) is 5.56 Å². The number of hydrogen-bond acceptors (Lipinski definition) is 3. The van der Waals surface area contributed by atoms with Gasteiger partial charge >= 0.3 is 0 Å². The first kappa shape index (κ1) is 11.5. The maximum atomic E-state index is 12.2. The Morgan fingerprint density at radius 2 is 2.17 bits per heavy atom. The number of H-pyrrole nitrogens is 1. The highest BCUT2D eigenvalue weighted by molar-refractivity contribution is 5.94. The van der Waals surface area contributed by atoms with E-state index in [2.05, 4.69) is 4.98 Å². The number of carbonyl (C=O) groups is 1. The zero-order chi connectivity index (χ0) is 12.7. The molecule has 0 bridgehead atoms. The minimum atomic E-state index is -0.261. The van der Waals surface area contributed by atoms with Gasteiger partial charge in [-0.3, -0.25) is 9.59 Å². The molecule has 3 rings (SSSR count). The lowest BCUT2D eigenvalue weighted by Crippen LogP contribution is -2.31. The van der Waals surface area contributed by atoms with Gasteiger partial charge in [-0.1, -0.05) is 0 Å². The molecule has 2 aliphatic rings. The van der Waals surface area contributed by atoms with Gasteiger partial charge in [0.05, 0.1) is 11.7 Å². The van der Waals surface area contributed by atoms with Crippen molar-refractivity contribution in [2.24, 2.45) is 11.8 Å². The van der Waals surface area contributed by atoms with E-state index >= 15 is 0 Å². The first-order chi connectivity index (χ1) is 8.65. The van der Waals surface area contributed by atoms with E-state index < -0.39 is 0 Å². The SMILES string of the molecule is O=C(c1ccc(=O)[nH]c1)N1CC2CCC(O)C2C1. The van der Waals surface area contributed by atoms with E-state index in [0.717, 1.165) is 19.4 Å². The van der Waals surface area contributed by atoms with Crippen molar-refractivity contribution in [3.8, 4) is 0 Å². The number of carbonyl (C=O) groups excluding carboxylic acids is 1. The lowest BCUT2D eigenvalue weighted by Gasteiger charge is -2.18. The Kier molecular flexibility index (Phi) is 2.70. The molecule has 0 spiro atoms. The van der Waals surface area contributed by atoms with Crippen LogP contribution in [0.5, 0.6) is 0 Å². The maximum absolute atomic E-state index is 12.2. The van der Waals surface area contributed by atoms with Crippen LogP contribution >= 0.6 is 0 Å². The third-order valence-electron chi connectivity index (χ3n) is 4.14. The first-order valence-corrected chi connectivity index (χ1v) is 6.31. The molecule has 96 valence electrons. The third-order valence-corrected chi connectivity index (χ3v) is 4.14. The average molecular weight is 248 g/mol. The normalized spacial score (nSPS) is 30.5. The smallest absolute Gasteiger partial charge is 0.255 e. The second-order valence-corrected chi connectivity index (χ2v) is 5.22. The zero-order valence-electron chi connectivity index (χ0n) is 10.0. The molecule has 0 radical (unpaired) electrons. The third kappa shape index (κ3) is 1.84. The Bertz CT molecular complexity index is 505. The minimum absolute atomic E-state index is 0.0622. The fraction of sp³-hybridized carbons (Fsp3) is 0.538. The van der Waals surface area contributed by atoms with Crippen LogP contribution in [0.2, 0.25) is 0 Å². The Labute approximate surface area is 104 Å². The summed E-state index contributed by atoms with van der Waals surface area (Å²) in [7, 11) is 0. The van der Waals surface area contributed by atoms with Crippen molar-refractivity contribution in [2.45, 2.75) is 18.9 Å². The van der Waals surface area contributed by atoms with E-state index in [4.69, 9.17) is 0 Å². The van der Waals surface area contributed by atoms with Gasteiger partial charge in [-0.15, -0.1) is 0 Å². The topological polar surface area (TPSA) is 73.4 Å². The predicted octanol–water partition coefficient (Wildman–Crippen LogP) is 0.218. The summed E-state index contributed by atoms with van der Waals surface area (Å²) < 4.78 is 0. The zero-order valence-corrected chi connectivity index (χ0v) is 10.0. The molecule has 1 saturated heterocycles. The lowest BCUT2D eigenvalue weighted by atomic mass is 10.00. The number of amides is 1. The van der Waals surface area contributed by atoms with Crippen molar-refractivity contribution in [1.82, 2.24) is 9.88 Å². The molecule has 1 aromatic rings. The molecule has 0 aromatic carbocycles. The van der Waals surface area contributed by atoms with E-state index in [1.807, 2.05) is 0 Å². The number of nitrogens with one attached hydrogen (secondary N) is 1. The molecule has 1 saturated carbocycles. The number of nitrogens with zero attached hydrogens (tertiary/aromatic N) is 1. The molecule has 1 amide bonds. The number of likely N-dealkylation sites (tertiary alicyclic amines) is 1. The van der Waals surface area contributed by atoms with E-state index in [1.54, 1.807) is 11.0 Å². The van der Waals surface area contributed by atoms with Crippen LogP contribution in [0, 0.1) is 11.8 Å². The van der Waals surface area contributed by atoms with Crippen molar-refractivity contribution in [1.29, 1.82) is 0 Å². The molecule has 2 heterocycles. The molecule has 2 N–H and O–H groups in total. The predicted molar refractivity (Wildman–Crippen MR) is 65.2 cm³/mol. The lowest BCUT2D eigenvalue weighted by molar-refractivity contribution is 0.0752. The second-order valence-electron chi connectivity index (χ2n) is 5.22. The largest absolute Gasteiger partial charge is 0.393 e. The molecule has 3 unspecified atom stereocenters. The van der Waals surface area contributed by atoms with Crippen LogP contribution < -0.4 is 5.56 Å². The van der Waals surface area contributed by atoms with E-state index in [1.165, 1.54) is 12.3 Å². The number of rotatable bonds is 1. The van der Waals surface area contributed by atoms with E-state index in [0.29, 0.717) is 18.0 Å². The Hall–Kier alpha value is -1.62. The second kappa shape index (κ2) is 4.24. The molecular formula is C13H16N2O3.